The zero-order chi connectivity index (χ0) is 43.0. The van der Waals surface area contributed by atoms with Crippen LogP contribution in [0.3, 0.4) is 0 Å². The van der Waals surface area contributed by atoms with Crippen molar-refractivity contribution in [3.05, 3.63) is 45.5 Å². The van der Waals surface area contributed by atoms with Gasteiger partial charge in [-0.2, -0.15) is 0 Å². The zero-order valence-electron chi connectivity index (χ0n) is 43.0. The summed E-state index contributed by atoms with van der Waals surface area (Å²) in [5.74, 6) is 1.13. The zero-order valence-corrected chi connectivity index (χ0v) is 43.0. The van der Waals surface area contributed by atoms with Gasteiger partial charge in [-0.05, 0) is 109 Å². The standard InChI is InChI=1S/C24H34O2.2C7H15O.2C6H10O.4Li/c1-13-11-17(23(5,6)7)21(25)19(15(13)3)20-16(4)14(2)12-18(22(20)26)24(8,9)10;2*1-5(2)7(8)6(3)4;2*1-2-4-6-5(3-1)7-6;;;;/h11-12,25-26H,1-10H3;2*5-7H,1-4H3;2*5-6H,1-4H2;;;;/q;2*-1;;;4*+1/p-2/t;;;2*5-,6+;;;;. The monoisotopic (exact) mass is 807 g/mol. The molecule has 2 saturated carbocycles. The molecule has 0 bridgehead atoms. The molecule has 2 aromatic carbocycles. The van der Waals surface area contributed by atoms with E-state index in [1.165, 1.54) is 51.4 Å². The minimum absolute atomic E-state index is 0. The number of hydrogen-bond acceptors (Lipinski definition) is 6. The van der Waals surface area contributed by atoms with Gasteiger partial charge in [0.25, 0.3) is 0 Å². The SMILES string of the molecule is C1CC[C@H]2O[C@H]2C1.C1CC[C@H]2O[C@H]2C1.CC(C)C([O-])C(C)C.CC(C)C([O-])C(C)C.Cc1cc(C(C)(C)C)c([O-])c(-c2c(C)c(C)cc(C(C)(C)C)c2[O-])c1C.[Li+].[Li+].[Li+].[Li+]. The molecule has 6 nitrogen and oxygen atoms in total. The first-order chi connectivity index (χ1) is 25.7. The second kappa shape index (κ2) is 28.3. The maximum absolute atomic E-state index is 13.4. The molecule has 60 heavy (non-hydrogen) atoms. The van der Waals surface area contributed by atoms with Crippen molar-refractivity contribution in [3.8, 4) is 22.6 Å². The molecule has 6 rings (SSSR count). The Morgan fingerprint density at radius 1 is 0.467 bits per heavy atom. The third-order valence-corrected chi connectivity index (χ3v) is 11.9. The number of ether oxygens (including phenoxy) is 2. The minimum atomic E-state index is -0.380. The number of hydrogen-bond donors (Lipinski definition) is 0. The Kier molecular flexibility index (Phi) is 30.5. The summed E-state index contributed by atoms with van der Waals surface area (Å²) >= 11 is 0. The molecule has 2 aliphatic carbocycles. The van der Waals surface area contributed by atoms with Crippen LogP contribution >= 0.6 is 0 Å². The van der Waals surface area contributed by atoms with Crippen molar-refractivity contribution >= 4 is 0 Å². The molecule has 2 heterocycles. The summed E-state index contributed by atoms with van der Waals surface area (Å²) in [7, 11) is 0. The van der Waals surface area contributed by atoms with E-state index in [1.807, 2.05) is 137 Å². The molecular weight excluding hydrogens is 724 g/mol. The molecule has 4 aliphatic rings. The molecule has 2 aliphatic heterocycles. The maximum Gasteiger partial charge on any atom is 1.00 e. The average Bonchev–Trinajstić information content (AvgIpc) is 4.03. The fraction of sp³-hybridized carbons (Fsp3) is 0.760. The summed E-state index contributed by atoms with van der Waals surface area (Å²) in [6, 6.07) is 3.98. The van der Waals surface area contributed by atoms with Crippen LogP contribution in [0.15, 0.2) is 12.1 Å². The molecule has 2 saturated heterocycles. The minimum Gasteiger partial charge on any atom is -0.872 e. The Morgan fingerprint density at radius 2 is 0.683 bits per heavy atom. The van der Waals surface area contributed by atoms with Gasteiger partial charge in [0, 0.05) is 0 Å². The van der Waals surface area contributed by atoms with Crippen molar-refractivity contribution in [2.75, 3.05) is 0 Å². The summed E-state index contributed by atoms with van der Waals surface area (Å²) in [4.78, 5) is 0. The molecule has 4 atom stereocenters. The van der Waals surface area contributed by atoms with Gasteiger partial charge in [0.05, 0.1) is 24.4 Å². The largest absolute Gasteiger partial charge is 1.00 e. The molecule has 4 fully saturated rings. The van der Waals surface area contributed by atoms with Crippen LogP contribution in [-0.4, -0.2) is 36.6 Å². The normalized spacial score (nSPS) is 19.8. The fourth-order valence-electron chi connectivity index (χ4n) is 7.80. The van der Waals surface area contributed by atoms with E-state index in [2.05, 4.69) is 0 Å². The quantitative estimate of drug-likeness (QED) is 0.257. The Bertz CT molecular complexity index is 1380. The Balaban J connectivity index is -0.000000778. The van der Waals surface area contributed by atoms with Crippen LogP contribution < -0.4 is 95.9 Å². The van der Waals surface area contributed by atoms with Crippen molar-refractivity contribution in [1.82, 2.24) is 0 Å². The summed E-state index contributed by atoms with van der Waals surface area (Å²) in [6.07, 6.45) is 13.0. The third-order valence-electron chi connectivity index (χ3n) is 11.9. The first kappa shape index (κ1) is 64.6. The van der Waals surface area contributed by atoms with Crippen LogP contribution in [0.2, 0.25) is 0 Å². The van der Waals surface area contributed by atoms with Gasteiger partial charge in [-0.15, -0.1) is 12.2 Å². The molecular formula is C50H82Li4O6. The molecule has 0 radical (unpaired) electrons. The van der Waals surface area contributed by atoms with Gasteiger partial charge in [-0.25, -0.2) is 0 Å². The summed E-state index contributed by atoms with van der Waals surface area (Å²) in [6.45, 7) is 36.0. The molecule has 0 unspecified atom stereocenters. The number of benzene rings is 2. The van der Waals surface area contributed by atoms with Gasteiger partial charge in [0.1, 0.15) is 0 Å². The number of epoxide rings is 2. The topological polar surface area (TPSA) is 117 Å². The second-order valence-electron chi connectivity index (χ2n) is 20.5. The van der Waals surface area contributed by atoms with Gasteiger partial charge >= 0.3 is 75.4 Å². The van der Waals surface area contributed by atoms with E-state index in [9.17, 15) is 20.4 Å². The maximum atomic E-state index is 13.4. The Morgan fingerprint density at radius 3 is 0.833 bits per heavy atom. The second-order valence-corrected chi connectivity index (χ2v) is 20.5. The summed E-state index contributed by atoms with van der Waals surface area (Å²) in [5, 5.41) is 48.7. The van der Waals surface area contributed by atoms with Crippen molar-refractivity contribution in [2.24, 2.45) is 23.7 Å². The van der Waals surface area contributed by atoms with Crippen molar-refractivity contribution in [3.63, 3.8) is 0 Å². The van der Waals surface area contributed by atoms with Crippen LogP contribution in [0, 0.1) is 51.4 Å². The molecule has 2 aromatic rings. The number of aryl methyl sites for hydroxylation is 2. The van der Waals surface area contributed by atoms with E-state index >= 15 is 0 Å². The summed E-state index contributed by atoms with van der Waals surface area (Å²) < 4.78 is 10.6. The van der Waals surface area contributed by atoms with E-state index in [1.54, 1.807) is 0 Å². The molecule has 0 amide bonds. The van der Waals surface area contributed by atoms with Crippen LogP contribution in [0.4, 0.5) is 0 Å². The number of rotatable bonds is 5. The van der Waals surface area contributed by atoms with E-state index in [0.29, 0.717) is 35.5 Å². The van der Waals surface area contributed by atoms with Crippen LogP contribution in [0.5, 0.6) is 11.5 Å². The predicted molar refractivity (Wildman–Crippen MR) is 228 cm³/mol. The van der Waals surface area contributed by atoms with Gasteiger partial charge in [-0.1, -0.05) is 170 Å². The summed E-state index contributed by atoms with van der Waals surface area (Å²) in [5.41, 5.74) is 6.13. The van der Waals surface area contributed by atoms with E-state index < -0.39 is 0 Å². The van der Waals surface area contributed by atoms with Crippen LogP contribution in [-0.2, 0) is 20.3 Å². The van der Waals surface area contributed by atoms with E-state index in [-0.39, 0.29) is 134 Å². The first-order valence-corrected chi connectivity index (χ1v) is 22.0. The molecule has 10 heteroatoms. The van der Waals surface area contributed by atoms with Crippen molar-refractivity contribution < 1.29 is 105 Å². The average molecular weight is 807 g/mol. The third kappa shape index (κ3) is 19.8. The molecule has 322 valence electrons. The smallest absolute Gasteiger partial charge is 0.872 e. The van der Waals surface area contributed by atoms with Crippen LogP contribution in [0.25, 0.3) is 11.1 Å². The predicted octanol–water partition coefficient (Wildman–Crippen LogP) is -1.94. The molecule has 0 spiro atoms. The van der Waals surface area contributed by atoms with E-state index in [0.717, 1.165) is 33.4 Å². The Hall–Kier alpha value is 0.270. The Labute approximate surface area is 417 Å². The van der Waals surface area contributed by atoms with Crippen molar-refractivity contribution in [1.29, 1.82) is 0 Å². The molecule has 0 N–H and O–H groups in total. The van der Waals surface area contributed by atoms with Crippen LogP contribution in [0.1, 0.15) is 182 Å². The van der Waals surface area contributed by atoms with Gasteiger partial charge in [-0.3, -0.25) is 0 Å². The van der Waals surface area contributed by atoms with Gasteiger partial charge < -0.3 is 29.9 Å². The van der Waals surface area contributed by atoms with E-state index in [4.69, 9.17) is 9.47 Å². The molecule has 0 aromatic heterocycles. The fourth-order valence-corrected chi connectivity index (χ4v) is 7.80. The van der Waals surface area contributed by atoms with Crippen molar-refractivity contribution in [2.45, 2.75) is 223 Å². The van der Waals surface area contributed by atoms with Gasteiger partial charge in [0.15, 0.2) is 0 Å². The number of fused-ring (bicyclic) bond motifs is 2. The first-order valence-electron chi connectivity index (χ1n) is 22.0. The van der Waals surface area contributed by atoms with Gasteiger partial charge in [0.2, 0.25) is 0 Å².